The van der Waals surface area contributed by atoms with Gasteiger partial charge in [0, 0.05) is 69.6 Å². The molecule has 1 aromatic carbocycles. The van der Waals surface area contributed by atoms with Crippen molar-refractivity contribution < 1.29 is 84.8 Å². The van der Waals surface area contributed by atoms with Crippen molar-refractivity contribution in [2.75, 3.05) is 27.9 Å². The summed E-state index contributed by atoms with van der Waals surface area (Å²) >= 11 is 0. The van der Waals surface area contributed by atoms with Crippen LogP contribution in [-0.2, 0) is 80.1 Å². The number of rotatable bonds is 20. The predicted octanol–water partition coefficient (Wildman–Crippen LogP) is 11.6. The zero-order valence-corrected chi connectivity index (χ0v) is 57.0. The number of hydrogen-bond donors (Lipinski definition) is 0. The van der Waals surface area contributed by atoms with Gasteiger partial charge in [-0.15, -0.1) is 0 Å². The van der Waals surface area contributed by atoms with E-state index in [2.05, 4.69) is 94.7 Å². The van der Waals surface area contributed by atoms with Gasteiger partial charge < -0.3 is 70.4 Å². The van der Waals surface area contributed by atoms with Gasteiger partial charge in [0.25, 0.3) is 0 Å². The molecule has 13 unspecified atom stereocenters. The molecule has 0 N–H and O–H groups in total. The van der Waals surface area contributed by atoms with Crippen LogP contribution in [0, 0.1) is 23.7 Å². The van der Waals surface area contributed by atoms with Crippen LogP contribution in [-0.4, -0.2) is 165 Å². The first kappa shape index (κ1) is 67.0. The maximum atomic E-state index is 14.9. The molecule has 0 radical (unpaired) electrons. The molecule has 8 saturated heterocycles. The van der Waals surface area contributed by atoms with Gasteiger partial charge in [-0.25, -0.2) is 0 Å². The van der Waals surface area contributed by atoms with Gasteiger partial charge in [-0.05, 0) is 111 Å². The number of allylic oxidation sites excluding steroid dienone is 1. The molecule has 18 nitrogen and oxygen atoms in total. The average Bonchev–Trinajstić information content (AvgIpc) is 1.53. The molecule has 1 aromatic rings. The number of ketones is 1. The van der Waals surface area contributed by atoms with E-state index >= 15 is 0 Å². The lowest BCUT2D eigenvalue weighted by molar-refractivity contribution is -0.306. The van der Waals surface area contributed by atoms with E-state index in [1.165, 1.54) is 14.0 Å². The maximum absolute atomic E-state index is 14.9. The maximum Gasteiger partial charge on any atom is 0.308 e. The van der Waals surface area contributed by atoms with Gasteiger partial charge in [0.15, 0.2) is 29.0 Å². The summed E-state index contributed by atoms with van der Waals surface area (Å²) in [6.07, 6.45) is -0.384. The third-order valence-corrected chi connectivity index (χ3v) is 31.2. The molecule has 4 bridgehead atoms. The number of benzene rings is 1. The quantitative estimate of drug-likeness (QED) is 0.0680. The molecule has 0 aromatic heterocycles. The first-order valence-electron chi connectivity index (χ1n) is 32.5. The number of carbonyl (C=O) groups excluding carboxylic acids is 3. The van der Waals surface area contributed by atoms with Crippen molar-refractivity contribution in [1.29, 1.82) is 0 Å². The smallest absolute Gasteiger partial charge is 0.308 e. The van der Waals surface area contributed by atoms with E-state index < -0.39 is 77.2 Å². The van der Waals surface area contributed by atoms with Crippen molar-refractivity contribution in [3.8, 4) is 5.75 Å². The Hall–Kier alpha value is -2.94. The number of methoxy groups -OCH3 is 3. The summed E-state index contributed by atoms with van der Waals surface area (Å²) in [5.74, 6) is -3.47. The molecule has 0 amide bonds. The molecule has 488 valence electrons. The molecule has 8 heterocycles. The fourth-order valence-corrected chi connectivity index (χ4v) is 17.4. The zero-order valence-electron chi connectivity index (χ0n) is 55.0. The third kappa shape index (κ3) is 13.5. The Balaban J connectivity index is 0.816. The molecule has 9 fully saturated rings. The second-order valence-corrected chi connectivity index (χ2v) is 39.4. The number of fused-ring (bicyclic) bond motifs is 11. The van der Waals surface area contributed by atoms with Gasteiger partial charge >= 0.3 is 11.9 Å². The lowest BCUT2D eigenvalue weighted by Gasteiger charge is -2.53. The highest BCUT2D eigenvalue weighted by Gasteiger charge is 2.76. The predicted molar refractivity (Wildman–Crippen MR) is 329 cm³/mol. The van der Waals surface area contributed by atoms with Crippen LogP contribution in [0.1, 0.15) is 158 Å². The van der Waals surface area contributed by atoms with Crippen molar-refractivity contribution in [1.82, 2.24) is 0 Å². The van der Waals surface area contributed by atoms with Crippen LogP contribution < -0.4 is 4.74 Å². The summed E-state index contributed by atoms with van der Waals surface area (Å²) < 4.78 is 100. The summed E-state index contributed by atoms with van der Waals surface area (Å²) in [6.45, 7) is 38.2. The fraction of sp³-hybridized carbons (Fsp3) is 0.806. The van der Waals surface area contributed by atoms with Crippen molar-refractivity contribution in [3.05, 3.63) is 54.1 Å². The number of carbonyl (C=O) groups is 3. The lowest BCUT2D eigenvalue weighted by Crippen LogP contribution is -2.64. The van der Waals surface area contributed by atoms with Crippen molar-refractivity contribution in [2.24, 2.45) is 23.7 Å². The Morgan fingerprint density at radius 1 is 0.736 bits per heavy atom. The van der Waals surface area contributed by atoms with E-state index in [4.69, 9.17) is 70.4 Å². The minimum Gasteiger partial charge on any atom is -0.497 e. The Bertz CT molecular complexity index is 2640. The van der Waals surface area contributed by atoms with E-state index in [0.717, 1.165) is 23.1 Å². The number of ether oxygens (including phenoxy) is 13. The zero-order chi connectivity index (χ0) is 62.9. The van der Waals surface area contributed by atoms with Crippen LogP contribution in [0.25, 0.3) is 0 Å². The standard InChI is InChI=1S/C67H104O18Si2/c1-37-32-45(76-50(39(37)3)34-52-58(75-41(5)68)40(4)59-53(79-52)35-51(85-87(17,18)65(9,10)11)48(80-59)28-30-74-86(15,16)64(6,7)8)23-25-47-38(2)31-43(57(47)70)27-29-66-63-67(73-14,84-62(81-63)42-19-21-44(71-12)22-20-42)61(83-66)55-36-54(82-66)60-49(78-55)26-24-46(77-60)33-56(69)72-13/h19-22,37,40,43,45-55,58-63H,2-3,23-36H2,1,4-18H3/t37-,40-,43-,45?,46?,47?,48?,49?,50?,51?,52+,53+,54?,55?,58?,59+,60+,61?,62?,63?,66-,67-/m1/s1. The average molecular weight is 1250 g/mol. The second kappa shape index (κ2) is 25.9. The van der Waals surface area contributed by atoms with Crippen LogP contribution in [0.15, 0.2) is 48.6 Å². The fourth-order valence-electron chi connectivity index (χ4n) is 15.0. The molecule has 20 heteroatoms. The second-order valence-electron chi connectivity index (χ2n) is 29.9. The van der Waals surface area contributed by atoms with E-state index in [1.54, 1.807) is 14.2 Å². The molecule has 22 atom stereocenters. The van der Waals surface area contributed by atoms with Crippen LogP contribution in [0.2, 0.25) is 36.3 Å². The first-order chi connectivity index (χ1) is 40.9. The molecule has 9 aliphatic rings. The normalized spacial score (nSPS) is 40.5. The van der Waals surface area contributed by atoms with E-state index in [-0.39, 0.29) is 113 Å². The summed E-state index contributed by atoms with van der Waals surface area (Å²) in [7, 11) is 0.337. The molecule has 1 saturated carbocycles. The minimum atomic E-state index is -2.25. The summed E-state index contributed by atoms with van der Waals surface area (Å²) in [5, 5.41) is 0.0593. The molecule has 1 aliphatic carbocycles. The van der Waals surface area contributed by atoms with Crippen LogP contribution >= 0.6 is 0 Å². The van der Waals surface area contributed by atoms with Crippen LogP contribution in [0.4, 0.5) is 0 Å². The molecule has 8 aliphatic heterocycles. The number of hydrogen-bond acceptors (Lipinski definition) is 18. The Morgan fingerprint density at radius 2 is 1.46 bits per heavy atom. The van der Waals surface area contributed by atoms with Gasteiger partial charge in [0.1, 0.15) is 29.8 Å². The number of esters is 2. The molecule has 0 spiro atoms. The van der Waals surface area contributed by atoms with Gasteiger partial charge in [0.05, 0.1) is 87.8 Å². The summed E-state index contributed by atoms with van der Waals surface area (Å²) in [4.78, 5) is 40.3. The van der Waals surface area contributed by atoms with Crippen molar-refractivity contribution in [2.45, 2.75) is 291 Å². The Kier molecular flexibility index (Phi) is 19.9. The molecular formula is C67H104O18Si2. The molecule has 10 rings (SSSR count). The highest BCUT2D eigenvalue weighted by Crippen LogP contribution is 2.60. The van der Waals surface area contributed by atoms with Gasteiger partial charge in [-0.2, -0.15) is 0 Å². The highest BCUT2D eigenvalue weighted by molar-refractivity contribution is 6.74. The third-order valence-electron chi connectivity index (χ3n) is 22.1. The lowest BCUT2D eigenvalue weighted by atomic mass is 9.79. The Labute approximate surface area is 519 Å². The number of Topliss-reactive ketones (excluding diaryl/α,β-unsaturated/α-hetero) is 1. The molecule has 87 heavy (non-hydrogen) atoms. The summed E-state index contributed by atoms with van der Waals surface area (Å²) in [5.41, 5.74) is 2.65. The van der Waals surface area contributed by atoms with Crippen LogP contribution in [0.3, 0.4) is 0 Å². The van der Waals surface area contributed by atoms with Gasteiger partial charge in [-0.1, -0.05) is 86.3 Å². The monoisotopic (exact) mass is 1250 g/mol. The van der Waals surface area contributed by atoms with E-state index in [1.807, 2.05) is 24.3 Å². The topological polar surface area (TPSA) is 190 Å². The van der Waals surface area contributed by atoms with Gasteiger partial charge in [-0.3, -0.25) is 14.4 Å². The van der Waals surface area contributed by atoms with E-state index in [0.29, 0.717) is 76.6 Å². The minimum absolute atomic E-state index is 0.0160. The Morgan fingerprint density at radius 3 is 2.13 bits per heavy atom. The van der Waals surface area contributed by atoms with E-state index in [9.17, 15) is 14.4 Å². The summed E-state index contributed by atoms with van der Waals surface area (Å²) in [6, 6.07) is 7.52. The highest BCUT2D eigenvalue weighted by atomic mass is 28.4. The van der Waals surface area contributed by atoms with Gasteiger partial charge in [0.2, 0.25) is 11.6 Å². The van der Waals surface area contributed by atoms with Crippen molar-refractivity contribution >= 4 is 34.4 Å². The van der Waals surface area contributed by atoms with Crippen LogP contribution in [0.5, 0.6) is 5.75 Å². The SMILES string of the molecule is C=C1C[C@@H](CC[C@@]23OC4CC(OC5CCC(CC(=O)OC)O[C@@H]54)C(O2)[C@@]2(OC)OC(c4ccc(OC)cc4)OC32)C(=O)C1CCC1C[C@@H](C)C(=C)C(C[C@@H]2O[C@H]3CC(O[Si](C)(C)C(C)(C)C)C(CCO[Si](C)(C)C(C)(C)C)O[C@H]3[C@H](C)C2OC(C)=O)O1. The molecular weight excluding hydrogens is 1150 g/mol. The largest absolute Gasteiger partial charge is 0.497 e. The van der Waals surface area contributed by atoms with Crippen molar-refractivity contribution in [3.63, 3.8) is 0 Å². The first-order valence-corrected chi connectivity index (χ1v) is 38.3.